The summed E-state index contributed by atoms with van der Waals surface area (Å²) >= 11 is 2.80. The van der Waals surface area contributed by atoms with Gasteiger partial charge in [0.25, 0.3) is 0 Å². The zero-order chi connectivity index (χ0) is 19.9. The van der Waals surface area contributed by atoms with Crippen LogP contribution < -0.4 is 15.4 Å². The van der Waals surface area contributed by atoms with Gasteiger partial charge in [0.2, 0.25) is 11.0 Å². The maximum atomic E-state index is 12.4. The number of amides is 1. The maximum absolute atomic E-state index is 12.4. The van der Waals surface area contributed by atoms with Crippen LogP contribution >= 0.6 is 23.1 Å². The summed E-state index contributed by atoms with van der Waals surface area (Å²) in [6.07, 6.45) is 0.977. The molecule has 3 rings (SSSR count). The van der Waals surface area contributed by atoms with E-state index >= 15 is 0 Å². The van der Waals surface area contributed by atoms with Gasteiger partial charge in [-0.25, -0.2) is 0 Å². The Morgan fingerprint density at radius 1 is 1.11 bits per heavy atom. The van der Waals surface area contributed by atoms with Crippen LogP contribution in [0, 0.1) is 0 Å². The molecular formula is C20H22N4O2S2. The fourth-order valence-corrected chi connectivity index (χ4v) is 4.29. The summed E-state index contributed by atoms with van der Waals surface area (Å²) in [5.74, 6) is 0.734. The van der Waals surface area contributed by atoms with E-state index in [0.29, 0.717) is 5.13 Å². The van der Waals surface area contributed by atoms with Crippen LogP contribution in [0.1, 0.15) is 19.4 Å². The van der Waals surface area contributed by atoms with Gasteiger partial charge in [-0.2, -0.15) is 0 Å². The molecule has 0 saturated heterocycles. The van der Waals surface area contributed by atoms with Crippen molar-refractivity contribution in [3.05, 3.63) is 54.1 Å². The van der Waals surface area contributed by atoms with Gasteiger partial charge >= 0.3 is 0 Å². The zero-order valence-electron chi connectivity index (χ0n) is 15.9. The topological polar surface area (TPSA) is 76.1 Å². The fourth-order valence-electron chi connectivity index (χ4n) is 2.38. The van der Waals surface area contributed by atoms with E-state index in [-0.39, 0.29) is 11.2 Å². The maximum Gasteiger partial charge on any atom is 0.237 e. The Morgan fingerprint density at radius 2 is 1.79 bits per heavy atom. The van der Waals surface area contributed by atoms with Gasteiger partial charge < -0.3 is 15.4 Å². The van der Waals surface area contributed by atoms with E-state index in [1.165, 1.54) is 28.7 Å². The number of aromatic nitrogens is 2. The van der Waals surface area contributed by atoms with Crippen molar-refractivity contribution in [2.45, 2.75) is 29.9 Å². The molecule has 2 N–H and O–H groups in total. The standard InChI is InChI=1S/C20H22N4O2S2/c1-4-14-5-7-15(8-6-14)21-18(25)13(2)27-20-24-23-19(28-20)22-16-9-11-17(26-3)12-10-16/h5-13H,4H2,1-3H3,(H,21,25)(H,22,23). The molecule has 0 aliphatic carbocycles. The molecule has 0 aliphatic rings. The highest BCUT2D eigenvalue weighted by Gasteiger charge is 2.17. The average molecular weight is 415 g/mol. The number of hydrogen-bond acceptors (Lipinski definition) is 7. The molecule has 8 heteroatoms. The van der Waals surface area contributed by atoms with Crippen LogP contribution in [0.5, 0.6) is 5.75 Å². The van der Waals surface area contributed by atoms with Crippen molar-refractivity contribution in [3.63, 3.8) is 0 Å². The van der Waals surface area contributed by atoms with Crippen LogP contribution in [0.15, 0.2) is 52.9 Å². The summed E-state index contributed by atoms with van der Waals surface area (Å²) in [6.45, 7) is 3.96. The first kappa shape index (κ1) is 20.2. The van der Waals surface area contributed by atoms with E-state index in [9.17, 15) is 4.79 Å². The zero-order valence-corrected chi connectivity index (χ0v) is 17.6. The number of ether oxygens (including phenoxy) is 1. The van der Waals surface area contributed by atoms with Gasteiger partial charge in [-0.15, -0.1) is 10.2 Å². The van der Waals surface area contributed by atoms with Gasteiger partial charge in [0, 0.05) is 11.4 Å². The molecule has 0 aliphatic heterocycles. The number of benzene rings is 2. The van der Waals surface area contributed by atoms with E-state index in [1.54, 1.807) is 7.11 Å². The molecule has 6 nitrogen and oxygen atoms in total. The third-order valence-electron chi connectivity index (χ3n) is 4.02. The number of nitrogens with zero attached hydrogens (tertiary/aromatic N) is 2. The Labute approximate surface area is 172 Å². The number of rotatable bonds is 8. The minimum absolute atomic E-state index is 0.0610. The second-order valence-electron chi connectivity index (χ2n) is 6.03. The van der Waals surface area contributed by atoms with Crippen molar-refractivity contribution in [2.24, 2.45) is 0 Å². The first-order valence-corrected chi connectivity index (χ1v) is 10.6. The van der Waals surface area contributed by atoms with Gasteiger partial charge in [0.15, 0.2) is 4.34 Å². The summed E-state index contributed by atoms with van der Waals surface area (Å²) in [4.78, 5) is 12.4. The van der Waals surface area contributed by atoms with Crippen LogP contribution in [0.2, 0.25) is 0 Å². The molecule has 1 amide bonds. The number of methoxy groups -OCH3 is 1. The number of hydrogen-bond donors (Lipinski definition) is 2. The quantitative estimate of drug-likeness (QED) is 0.507. The van der Waals surface area contributed by atoms with Crippen molar-refractivity contribution >= 4 is 45.5 Å². The predicted molar refractivity (Wildman–Crippen MR) is 116 cm³/mol. The van der Waals surface area contributed by atoms with E-state index in [2.05, 4.69) is 27.8 Å². The van der Waals surface area contributed by atoms with Crippen molar-refractivity contribution in [1.29, 1.82) is 0 Å². The summed E-state index contributed by atoms with van der Waals surface area (Å²) in [6, 6.07) is 15.5. The van der Waals surface area contributed by atoms with E-state index in [1.807, 2.05) is 55.5 Å². The molecule has 0 fully saturated rings. The molecule has 0 saturated carbocycles. The number of thioether (sulfide) groups is 1. The van der Waals surface area contributed by atoms with Crippen molar-refractivity contribution in [1.82, 2.24) is 10.2 Å². The molecule has 28 heavy (non-hydrogen) atoms. The normalized spacial score (nSPS) is 11.7. The van der Waals surface area contributed by atoms with Gasteiger partial charge in [0.1, 0.15) is 5.75 Å². The molecule has 0 bridgehead atoms. The molecule has 1 aromatic heterocycles. The number of nitrogens with one attached hydrogen (secondary N) is 2. The first-order valence-electron chi connectivity index (χ1n) is 8.88. The third kappa shape index (κ3) is 5.46. The lowest BCUT2D eigenvalue weighted by atomic mass is 10.1. The van der Waals surface area contributed by atoms with Crippen molar-refractivity contribution in [3.8, 4) is 5.75 Å². The Balaban J connectivity index is 1.54. The van der Waals surface area contributed by atoms with Crippen LogP contribution in [-0.2, 0) is 11.2 Å². The van der Waals surface area contributed by atoms with Gasteiger partial charge in [-0.05, 0) is 55.3 Å². The molecule has 146 valence electrons. The molecule has 0 radical (unpaired) electrons. The van der Waals surface area contributed by atoms with Crippen LogP contribution in [0.3, 0.4) is 0 Å². The number of carbonyl (C=O) groups is 1. The minimum Gasteiger partial charge on any atom is -0.497 e. The second-order valence-corrected chi connectivity index (χ2v) is 8.59. The Hall–Kier alpha value is -2.58. The fraction of sp³-hybridized carbons (Fsp3) is 0.250. The minimum atomic E-state index is -0.285. The lowest BCUT2D eigenvalue weighted by Crippen LogP contribution is -2.22. The molecule has 0 spiro atoms. The summed E-state index contributed by atoms with van der Waals surface area (Å²) < 4.78 is 5.89. The lowest BCUT2D eigenvalue weighted by Gasteiger charge is -2.10. The van der Waals surface area contributed by atoms with E-state index in [4.69, 9.17) is 4.74 Å². The highest BCUT2D eigenvalue weighted by Crippen LogP contribution is 2.31. The Morgan fingerprint density at radius 3 is 2.43 bits per heavy atom. The largest absolute Gasteiger partial charge is 0.497 e. The monoisotopic (exact) mass is 414 g/mol. The first-order chi connectivity index (χ1) is 13.6. The number of aryl methyl sites for hydroxylation is 1. The number of anilines is 3. The van der Waals surface area contributed by atoms with Crippen LogP contribution in [0.25, 0.3) is 0 Å². The van der Waals surface area contributed by atoms with Crippen molar-refractivity contribution in [2.75, 3.05) is 17.7 Å². The highest BCUT2D eigenvalue weighted by molar-refractivity contribution is 8.02. The second kappa shape index (κ2) is 9.57. The Kier molecular flexibility index (Phi) is 6.89. The average Bonchev–Trinajstić information content (AvgIpc) is 3.15. The SMILES string of the molecule is CCc1ccc(NC(=O)C(C)Sc2nnc(Nc3ccc(OC)cc3)s2)cc1. The van der Waals surface area contributed by atoms with Gasteiger partial charge in [-0.1, -0.05) is 42.2 Å². The van der Waals surface area contributed by atoms with Gasteiger partial charge in [0.05, 0.1) is 12.4 Å². The summed E-state index contributed by atoms with van der Waals surface area (Å²) in [5, 5.41) is 14.8. The van der Waals surface area contributed by atoms with Crippen LogP contribution in [-0.4, -0.2) is 28.5 Å². The molecule has 2 aromatic carbocycles. The summed E-state index contributed by atoms with van der Waals surface area (Å²) in [7, 11) is 1.63. The molecule has 1 atom stereocenters. The highest BCUT2D eigenvalue weighted by atomic mass is 32.2. The smallest absolute Gasteiger partial charge is 0.237 e. The number of carbonyl (C=O) groups excluding carboxylic acids is 1. The molecule has 3 aromatic rings. The molecule has 1 heterocycles. The van der Waals surface area contributed by atoms with Crippen LogP contribution in [0.4, 0.5) is 16.5 Å². The van der Waals surface area contributed by atoms with Gasteiger partial charge in [-0.3, -0.25) is 4.79 Å². The summed E-state index contributed by atoms with van der Waals surface area (Å²) in [5.41, 5.74) is 2.94. The molecule has 1 unspecified atom stereocenters. The van der Waals surface area contributed by atoms with E-state index < -0.39 is 0 Å². The van der Waals surface area contributed by atoms with E-state index in [0.717, 1.165) is 27.9 Å². The third-order valence-corrected chi connectivity index (χ3v) is 6.05. The Bertz CT molecular complexity index is 911. The lowest BCUT2D eigenvalue weighted by molar-refractivity contribution is -0.115. The predicted octanol–water partition coefficient (Wildman–Crippen LogP) is 4.97. The molecular weight excluding hydrogens is 392 g/mol. The van der Waals surface area contributed by atoms with Crippen molar-refractivity contribution < 1.29 is 9.53 Å².